The quantitative estimate of drug-likeness (QED) is 0.759. The van der Waals surface area contributed by atoms with Crippen molar-refractivity contribution in [3.05, 3.63) is 64.2 Å². The summed E-state index contributed by atoms with van der Waals surface area (Å²) in [6, 6.07) is 7.71. The summed E-state index contributed by atoms with van der Waals surface area (Å²) in [5.74, 6) is 0.0706. The van der Waals surface area contributed by atoms with Gasteiger partial charge in [0.25, 0.3) is 0 Å². The van der Waals surface area contributed by atoms with Gasteiger partial charge in [0.2, 0.25) is 0 Å². The number of nitrogens with two attached hydrogens (primary N) is 1. The van der Waals surface area contributed by atoms with E-state index in [1.165, 1.54) is 0 Å². The van der Waals surface area contributed by atoms with Gasteiger partial charge in [-0.15, -0.1) is 0 Å². The maximum atomic E-state index is 12.1. The number of hydrogen-bond acceptors (Lipinski definition) is 3. The average molecular weight is 241 g/mol. The topological polar surface area (TPSA) is 43.1 Å². The van der Waals surface area contributed by atoms with Crippen molar-refractivity contribution in [1.82, 2.24) is 0 Å². The number of benzene rings is 1. The molecule has 0 amide bonds. The van der Waals surface area contributed by atoms with Crippen LogP contribution in [0.4, 0.5) is 0 Å². The van der Waals surface area contributed by atoms with Gasteiger partial charge >= 0.3 is 0 Å². The van der Waals surface area contributed by atoms with Crippen LogP contribution < -0.4 is 5.73 Å². The highest BCUT2D eigenvalue weighted by Gasteiger charge is 2.20. The van der Waals surface area contributed by atoms with Crippen molar-refractivity contribution in [2.75, 3.05) is 0 Å². The first-order valence-electron chi connectivity index (χ1n) is 5.42. The molecule has 1 aliphatic carbocycles. The monoisotopic (exact) mass is 241 g/mol. The molecular weight excluding hydrogens is 230 g/mol. The largest absolute Gasteiger partial charge is 0.402 e. The number of allylic oxidation sites excluding steroid dienone is 5. The molecule has 84 valence electrons. The molecule has 0 bridgehead atoms. The Morgan fingerprint density at radius 3 is 2.88 bits per heavy atom. The molecule has 2 N–H and O–H groups in total. The minimum absolute atomic E-state index is 0.0706. The van der Waals surface area contributed by atoms with Gasteiger partial charge in [-0.25, -0.2) is 0 Å². The molecule has 2 aliphatic rings. The molecule has 0 spiro atoms. The molecule has 1 aliphatic heterocycles. The highest BCUT2D eigenvalue weighted by molar-refractivity contribution is 8.03. The van der Waals surface area contributed by atoms with Gasteiger partial charge in [0.05, 0.1) is 0 Å². The van der Waals surface area contributed by atoms with Crippen LogP contribution in [-0.4, -0.2) is 5.78 Å². The first-order valence-corrected chi connectivity index (χ1v) is 6.24. The van der Waals surface area contributed by atoms with Crippen LogP contribution in [0.15, 0.2) is 63.6 Å². The van der Waals surface area contributed by atoms with Crippen molar-refractivity contribution in [3.63, 3.8) is 0 Å². The normalized spacial score (nSPS) is 18.4. The minimum atomic E-state index is 0.0706. The molecular formula is C14H11NOS. The highest BCUT2D eigenvalue weighted by atomic mass is 32.2. The second-order valence-electron chi connectivity index (χ2n) is 4.08. The molecule has 3 rings (SSSR count). The molecule has 1 aromatic rings. The number of ketones is 1. The van der Waals surface area contributed by atoms with Crippen LogP contribution in [0.25, 0.3) is 0 Å². The molecule has 17 heavy (non-hydrogen) atoms. The molecule has 0 aromatic heterocycles. The highest BCUT2D eigenvalue weighted by Crippen LogP contribution is 2.40. The van der Waals surface area contributed by atoms with Gasteiger partial charge in [-0.1, -0.05) is 23.9 Å². The van der Waals surface area contributed by atoms with Crippen molar-refractivity contribution in [2.24, 2.45) is 5.73 Å². The Kier molecular flexibility index (Phi) is 2.41. The lowest BCUT2D eigenvalue weighted by molar-refractivity contribution is 0.104. The Balaban J connectivity index is 2.14. The number of hydrogen-bond donors (Lipinski definition) is 1. The first kappa shape index (κ1) is 10.4. The molecule has 0 unspecified atom stereocenters. The van der Waals surface area contributed by atoms with E-state index >= 15 is 0 Å². The SMILES string of the molecule is NC1=CC=C2Sc3ccccc3C(=O)C=C2C1. The van der Waals surface area contributed by atoms with Crippen LogP contribution in [0.2, 0.25) is 0 Å². The van der Waals surface area contributed by atoms with Crippen LogP contribution in [0.5, 0.6) is 0 Å². The van der Waals surface area contributed by atoms with Gasteiger partial charge in [0.1, 0.15) is 0 Å². The standard InChI is InChI=1S/C14H11NOS/c15-10-5-6-13-9(7-10)8-12(16)11-3-1-2-4-14(11)17-13/h1-6,8H,7,15H2. The van der Waals surface area contributed by atoms with Gasteiger partial charge in [-0.05, 0) is 35.9 Å². The summed E-state index contributed by atoms with van der Waals surface area (Å²) in [6.45, 7) is 0. The van der Waals surface area contributed by atoms with E-state index in [0.717, 1.165) is 26.6 Å². The van der Waals surface area contributed by atoms with E-state index in [-0.39, 0.29) is 5.78 Å². The maximum Gasteiger partial charge on any atom is 0.187 e. The number of thioether (sulfide) groups is 1. The summed E-state index contributed by atoms with van der Waals surface area (Å²) in [6.07, 6.45) is 6.28. The number of carbonyl (C=O) groups excluding carboxylic acids is 1. The van der Waals surface area contributed by atoms with Gasteiger partial charge in [0, 0.05) is 27.5 Å². The smallest absolute Gasteiger partial charge is 0.187 e. The summed E-state index contributed by atoms with van der Waals surface area (Å²) in [5.41, 5.74) is 8.40. The van der Waals surface area contributed by atoms with Crippen LogP contribution in [0.3, 0.4) is 0 Å². The van der Waals surface area contributed by atoms with Gasteiger partial charge in [0.15, 0.2) is 5.78 Å². The zero-order valence-corrected chi connectivity index (χ0v) is 9.96. The maximum absolute atomic E-state index is 12.1. The summed E-state index contributed by atoms with van der Waals surface area (Å²) in [7, 11) is 0. The van der Waals surface area contributed by atoms with Crippen molar-refractivity contribution < 1.29 is 4.79 Å². The zero-order valence-electron chi connectivity index (χ0n) is 9.14. The Hall–Kier alpha value is -1.74. The molecule has 0 fully saturated rings. The number of fused-ring (bicyclic) bond motifs is 2. The van der Waals surface area contributed by atoms with E-state index in [1.807, 2.05) is 36.4 Å². The molecule has 0 atom stereocenters. The van der Waals surface area contributed by atoms with Gasteiger partial charge in [-0.2, -0.15) is 0 Å². The fraction of sp³-hybridized carbons (Fsp3) is 0.0714. The predicted molar refractivity (Wildman–Crippen MR) is 69.7 cm³/mol. The van der Waals surface area contributed by atoms with Crippen LogP contribution in [-0.2, 0) is 0 Å². The van der Waals surface area contributed by atoms with Crippen LogP contribution in [0.1, 0.15) is 16.8 Å². The predicted octanol–water partition coefficient (Wildman–Crippen LogP) is 3.03. The molecule has 0 saturated heterocycles. The Morgan fingerprint density at radius 1 is 1.18 bits per heavy atom. The Bertz CT molecular complexity index is 596. The Labute approximate surface area is 104 Å². The zero-order chi connectivity index (χ0) is 11.8. The Morgan fingerprint density at radius 2 is 2.00 bits per heavy atom. The summed E-state index contributed by atoms with van der Waals surface area (Å²) in [5, 5.41) is 0. The van der Waals surface area contributed by atoms with E-state index < -0.39 is 0 Å². The lowest BCUT2D eigenvalue weighted by Crippen LogP contribution is -2.04. The second kappa shape index (κ2) is 3.93. The average Bonchev–Trinajstić information content (AvgIpc) is 2.46. The van der Waals surface area contributed by atoms with Crippen molar-refractivity contribution >= 4 is 17.5 Å². The van der Waals surface area contributed by atoms with E-state index in [1.54, 1.807) is 17.8 Å². The fourth-order valence-electron chi connectivity index (χ4n) is 1.99. The molecule has 2 nitrogen and oxygen atoms in total. The van der Waals surface area contributed by atoms with Crippen molar-refractivity contribution in [2.45, 2.75) is 11.3 Å². The van der Waals surface area contributed by atoms with Gasteiger partial charge in [-0.3, -0.25) is 4.79 Å². The summed E-state index contributed by atoms with van der Waals surface area (Å²) in [4.78, 5) is 14.2. The van der Waals surface area contributed by atoms with Crippen molar-refractivity contribution in [1.29, 1.82) is 0 Å². The fourth-order valence-corrected chi connectivity index (χ4v) is 3.05. The molecule has 3 heteroatoms. The molecule has 1 heterocycles. The second-order valence-corrected chi connectivity index (χ2v) is 5.17. The minimum Gasteiger partial charge on any atom is -0.402 e. The third-order valence-electron chi connectivity index (χ3n) is 2.84. The van der Waals surface area contributed by atoms with Crippen LogP contribution >= 0.6 is 11.8 Å². The van der Waals surface area contributed by atoms with Crippen molar-refractivity contribution in [3.8, 4) is 0 Å². The van der Waals surface area contributed by atoms with Gasteiger partial charge < -0.3 is 5.73 Å². The van der Waals surface area contributed by atoms with E-state index in [9.17, 15) is 4.79 Å². The third-order valence-corrected chi connectivity index (χ3v) is 4.03. The van der Waals surface area contributed by atoms with E-state index in [0.29, 0.717) is 6.42 Å². The molecule has 0 saturated carbocycles. The van der Waals surface area contributed by atoms with E-state index in [4.69, 9.17) is 5.73 Å². The first-order chi connectivity index (χ1) is 8.24. The third kappa shape index (κ3) is 1.83. The molecule has 0 radical (unpaired) electrons. The molecule has 1 aromatic carbocycles. The number of carbonyl (C=O) groups is 1. The lowest BCUT2D eigenvalue weighted by Gasteiger charge is -2.13. The van der Waals surface area contributed by atoms with Crippen LogP contribution in [0, 0.1) is 0 Å². The number of rotatable bonds is 0. The summed E-state index contributed by atoms with van der Waals surface area (Å²) >= 11 is 1.64. The lowest BCUT2D eigenvalue weighted by atomic mass is 10.0. The van der Waals surface area contributed by atoms with E-state index in [2.05, 4.69) is 0 Å². The summed E-state index contributed by atoms with van der Waals surface area (Å²) < 4.78 is 0.